The van der Waals surface area contributed by atoms with Crippen LogP contribution in [0.4, 0.5) is 5.69 Å². The fourth-order valence-corrected chi connectivity index (χ4v) is 3.86. The first-order valence-corrected chi connectivity index (χ1v) is 9.68. The summed E-state index contributed by atoms with van der Waals surface area (Å²) in [7, 11) is -3.98. The van der Waals surface area contributed by atoms with Crippen molar-refractivity contribution in [2.45, 2.75) is 11.5 Å². The van der Waals surface area contributed by atoms with E-state index in [-0.39, 0.29) is 22.2 Å². The summed E-state index contributed by atoms with van der Waals surface area (Å²) in [6.45, 7) is -0.723. The second-order valence-electron chi connectivity index (χ2n) is 4.98. The lowest BCUT2D eigenvalue weighted by Crippen LogP contribution is -2.30. The average molecular weight is 464 g/mol. The van der Waals surface area contributed by atoms with Crippen LogP contribution in [0, 0.1) is 10.1 Å². The molecule has 0 bridgehead atoms. The van der Waals surface area contributed by atoms with Crippen molar-refractivity contribution in [2.24, 2.45) is 0 Å². The Kier molecular flexibility index (Phi) is 6.70. The Hall–Kier alpha value is -2.01. The smallest absolute Gasteiger partial charge is 0.321 e. The highest BCUT2D eigenvalue weighted by Crippen LogP contribution is 2.24. The second kappa shape index (κ2) is 8.58. The summed E-state index contributed by atoms with van der Waals surface area (Å²) in [5, 5.41) is 10.6. The molecule has 0 amide bonds. The second-order valence-corrected chi connectivity index (χ2v) is 8.04. The summed E-state index contributed by atoms with van der Waals surface area (Å²) in [5.41, 5.74) is 0.446. The lowest BCUT2D eigenvalue weighted by molar-refractivity contribution is -0.384. The molecule has 2 rings (SSSR count). The van der Waals surface area contributed by atoms with E-state index in [0.717, 1.165) is 0 Å². The number of benzene rings is 2. The number of sulfonamides is 1. The van der Waals surface area contributed by atoms with Crippen molar-refractivity contribution < 1.29 is 22.9 Å². The van der Waals surface area contributed by atoms with Gasteiger partial charge in [0.25, 0.3) is 5.69 Å². The molecule has 26 heavy (non-hydrogen) atoms. The lowest BCUT2D eigenvalue weighted by atomic mass is 10.2. The van der Waals surface area contributed by atoms with Crippen molar-refractivity contribution in [1.29, 1.82) is 0 Å². The van der Waals surface area contributed by atoms with Crippen LogP contribution in [0.25, 0.3) is 0 Å². The van der Waals surface area contributed by atoms with Gasteiger partial charge in [-0.15, -0.1) is 0 Å². The number of ether oxygens (including phenoxy) is 1. The average Bonchev–Trinajstić information content (AvgIpc) is 2.58. The van der Waals surface area contributed by atoms with Crippen LogP contribution in [0.3, 0.4) is 0 Å². The van der Waals surface area contributed by atoms with Gasteiger partial charge in [-0.1, -0.05) is 27.5 Å². The molecule has 0 heterocycles. The minimum atomic E-state index is -3.98. The Morgan fingerprint density at radius 3 is 2.46 bits per heavy atom. The summed E-state index contributed by atoms with van der Waals surface area (Å²) >= 11 is 9.06. The van der Waals surface area contributed by atoms with Crippen LogP contribution in [0.1, 0.15) is 5.56 Å². The summed E-state index contributed by atoms with van der Waals surface area (Å²) in [5.74, 6) is -0.805. The molecule has 0 spiro atoms. The number of carbonyl (C=O) groups excluding carboxylic acids is 1. The van der Waals surface area contributed by atoms with Crippen LogP contribution in [0.15, 0.2) is 51.8 Å². The Morgan fingerprint density at radius 1 is 1.23 bits per heavy atom. The molecule has 0 saturated heterocycles. The van der Waals surface area contributed by atoms with Gasteiger partial charge >= 0.3 is 5.97 Å². The van der Waals surface area contributed by atoms with Crippen molar-refractivity contribution in [2.75, 3.05) is 6.54 Å². The Morgan fingerprint density at radius 2 is 1.88 bits per heavy atom. The van der Waals surface area contributed by atoms with E-state index in [9.17, 15) is 23.3 Å². The molecule has 1 N–H and O–H groups in total. The first-order chi connectivity index (χ1) is 12.2. The molecule has 0 unspecified atom stereocenters. The normalized spacial score (nSPS) is 11.2. The number of nitro benzene ring substituents is 1. The highest BCUT2D eigenvalue weighted by molar-refractivity contribution is 9.10. The molecule has 0 atom stereocenters. The third-order valence-corrected chi connectivity index (χ3v) is 5.51. The molecule has 0 aliphatic heterocycles. The van der Waals surface area contributed by atoms with Crippen molar-refractivity contribution >= 4 is 49.2 Å². The number of nitrogens with one attached hydrogen (secondary N) is 1. The quantitative estimate of drug-likeness (QED) is 0.383. The molecule has 0 radical (unpaired) electrons. The van der Waals surface area contributed by atoms with E-state index < -0.39 is 27.5 Å². The molecule has 2 aromatic rings. The number of nitrogens with zero attached hydrogens (tertiary/aromatic N) is 1. The van der Waals surface area contributed by atoms with E-state index in [1.165, 1.54) is 42.5 Å². The first-order valence-electron chi connectivity index (χ1n) is 7.03. The van der Waals surface area contributed by atoms with Crippen molar-refractivity contribution in [1.82, 2.24) is 4.72 Å². The molecule has 0 aliphatic rings. The zero-order valence-electron chi connectivity index (χ0n) is 13.0. The first kappa shape index (κ1) is 20.3. The molecule has 2 aromatic carbocycles. The maximum Gasteiger partial charge on any atom is 0.321 e. The van der Waals surface area contributed by atoms with Crippen molar-refractivity contribution in [3.05, 3.63) is 67.6 Å². The number of hydrogen-bond donors (Lipinski definition) is 1. The number of non-ortho nitro benzene ring substituents is 1. The zero-order chi connectivity index (χ0) is 19.3. The number of rotatable bonds is 7. The molecule has 0 saturated carbocycles. The van der Waals surface area contributed by atoms with Gasteiger partial charge < -0.3 is 4.74 Å². The maximum atomic E-state index is 12.2. The predicted octanol–water partition coefficient (Wildman–Crippen LogP) is 3.03. The fourth-order valence-electron chi connectivity index (χ4n) is 1.85. The van der Waals surface area contributed by atoms with Gasteiger partial charge in [-0.25, -0.2) is 8.42 Å². The molecular formula is C15H12BrClN2O6S. The Bertz CT molecular complexity index is 934. The van der Waals surface area contributed by atoms with Crippen molar-refractivity contribution in [3.8, 4) is 0 Å². The standard InChI is InChI=1S/C15H12BrClN2O6S/c16-11-3-6-14(13(17)7-11)26(23,24)18-8-15(20)25-9-10-1-4-12(5-2-10)19(21)22/h1-7,18H,8-9H2. The topological polar surface area (TPSA) is 116 Å². The van der Waals surface area contributed by atoms with E-state index in [4.69, 9.17) is 16.3 Å². The number of esters is 1. The van der Waals surface area contributed by atoms with Gasteiger partial charge in [-0.05, 0) is 35.9 Å². The van der Waals surface area contributed by atoms with Gasteiger partial charge in [0, 0.05) is 16.6 Å². The number of nitro groups is 1. The summed E-state index contributed by atoms with van der Waals surface area (Å²) in [4.78, 5) is 21.6. The molecule has 0 aliphatic carbocycles. The lowest BCUT2D eigenvalue weighted by Gasteiger charge is -2.09. The monoisotopic (exact) mass is 462 g/mol. The van der Waals surface area contributed by atoms with Crippen LogP contribution in [0.5, 0.6) is 0 Å². The van der Waals surface area contributed by atoms with E-state index in [2.05, 4.69) is 20.7 Å². The molecule has 0 aromatic heterocycles. The van der Waals surface area contributed by atoms with Gasteiger partial charge in [0.1, 0.15) is 18.0 Å². The number of halogens is 2. The van der Waals surface area contributed by atoms with E-state index >= 15 is 0 Å². The molecule has 0 fully saturated rings. The molecule has 11 heteroatoms. The molecule has 8 nitrogen and oxygen atoms in total. The van der Waals surface area contributed by atoms with Gasteiger partial charge in [-0.2, -0.15) is 4.72 Å². The van der Waals surface area contributed by atoms with Crippen LogP contribution in [0.2, 0.25) is 5.02 Å². The van der Waals surface area contributed by atoms with Crippen LogP contribution in [-0.2, 0) is 26.2 Å². The minimum Gasteiger partial charge on any atom is -0.460 e. The fraction of sp³-hybridized carbons (Fsp3) is 0.133. The highest BCUT2D eigenvalue weighted by atomic mass is 79.9. The SMILES string of the molecule is O=C(CNS(=O)(=O)c1ccc(Br)cc1Cl)OCc1ccc([N+](=O)[O-])cc1. The molecule has 138 valence electrons. The van der Waals surface area contributed by atoms with Gasteiger partial charge in [0.15, 0.2) is 0 Å². The molecular weight excluding hydrogens is 452 g/mol. The van der Waals surface area contributed by atoms with Crippen LogP contribution in [-0.4, -0.2) is 25.9 Å². The largest absolute Gasteiger partial charge is 0.460 e. The third-order valence-electron chi connectivity index (χ3n) is 3.14. The minimum absolute atomic E-state index is 0.00567. The zero-order valence-corrected chi connectivity index (χ0v) is 16.2. The number of hydrogen-bond acceptors (Lipinski definition) is 6. The van der Waals surface area contributed by atoms with Gasteiger partial charge in [0.05, 0.1) is 9.95 Å². The Labute approximate surface area is 162 Å². The van der Waals surface area contributed by atoms with E-state index in [0.29, 0.717) is 10.0 Å². The third kappa shape index (κ3) is 5.49. The summed E-state index contributed by atoms with van der Waals surface area (Å²) < 4.78 is 32.0. The summed E-state index contributed by atoms with van der Waals surface area (Å²) in [6.07, 6.45) is 0. The van der Waals surface area contributed by atoms with E-state index in [1.807, 2.05) is 0 Å². The van der Waals surface area contributed by atoms with Crippen molar-refractivity contribution in [3.63, 3.8) is 0 Å². The summed E-state index contributed by atoms with van der Waals surface area (Å²) in [6, 6.07) is 9.67. The van der Waals surface area contributed by atoms with E-state index in [1.54, 1.807) is 0 Å². The van der Waals surface area contributed by atoms with Crippen LogP contribution >= 0.6 is 27.5 Å². The Balaban J connectivity index is 1.90. The predicted molar refractivity (Wildman–Crippen MR) is 97.2 cm³/mol. The van der Waals surface area contributed by atoms with Crippen LogP contribution < -0.4 is 4.72 Å². The highest BCUT2D eigenvalue weighted by Gasteiger charge is 2.19. The van der Waals surface area contributed by atoms with Gasteiger partial charge in [0.2, 0.25) is 10.0 Å². The number of carbonyl (C=O) groups is 1. The maximum absolute atomic E-state index is 12.2. The van der Waals surface area contributed by atoms with Gasteiger partial charge in [-0.3, -0.25) is 14.9 Å².